The number of piperazine rings is 1. The van der Waals surface area contributed by atoms with Crippen LogP contribution in [0.1, 0.15) is 17.2 Å². The lowest BCUT2D eigenvalue weighted by atomic mass is 10.0. The first-order valence-electron chi connectivity index (χ1n) is 7.03. The van der Waals surface area contributed by atoms with Gasteiger partial charge >= 0.3 is 0 Å². The fourth-order valence-electron chi connectivity index (χ4n) is 2.87. The highest BCUT2D eigenvalue weighted by Crippen LogP contribution is 2.29. The predicted octanol–water partition coefficient (Wildman–Crippen LogP) is 3.29. The van der Waals surface area contributed by atoms with E-state index in [1.165, 1.54) is 5.56 Å². The Balaban J connectivity index is 1.96. The van der Waals surface area contributed by atoms with E-state index in [1.54, 1.807) is 12.1 Å². The first kappa shape index (κ1) is 13.1. The average Bonchev–Trinajstić information content (AvgIpc) is 2.47. The van der Waals surface area contributed by atoms with Crippen LogP contribution in [-0.4, -0.2) is 19.6 Å². The van der Waals surface area contributed by atoms with E-state index in [1.807, 2.05) is 13.0 Å². The van der Waals surface area contributed by atoms with Crippen molar-refractivity contribution in [3.05, 3.63) is 65.5 Å². The number of hydrogen-bond acceptors (Lipinski definition) is 2. The van der Waals surface area contributed by atoms with Gasteiger partial charge in [0.2, 0.25) is 0 Å². The van der Waals surface area contributed by atoms with Gasteiger partial charge in [-0.05, 0) is 36.2 Å². The first-order valence-corrected chi connectivity index (χ1v) is 7.03. The molecule has 20 heavy (non-hydrogen) atoms. The molecule has 3 heteroatoms. The zero-order valence-corrected chi connectivity index (χ0v) is 11.6. The highest BCUT2D eigenvalue weighted by atomic mass is 19.1. The largest absolute Gasteiger partial charge is 0.362 e. The van der Waals surface area contributed by atoms with Crippen molar-refractivity contribution < 1.29 is 4.39 Å². The van der Waals surface area contributed by atoms with Crippen LogP contribution in [0.2, 0.25) is 0 Å². The number of aryl methyl sites for hydroxylation is 1. The lowest BCUT2D eigenvalue weighted by Gasteiger charge is -2.38. The van der Waals surface area contributed by atoms with Gasteiger partial charge < -0.3 is 10.2 Å². The smallest absolute Gasteiger partial charge is 0.125 e. The van der Waals surface area contributed by atoms with E-state index in [9.17, 15) is 4.39 Å². The summed E-state index contributed by atoms with van der Waals surface area (Å²) in [6.07, 6.45) is 0. The molecule has 0 aromatic heterocycles. The second kappa shape index (κ2) is 5.63. The molecule has 104 valence electrons. The summed E-state index contributed by atoms with van der Waals surface area (Å²) < 4.78 is 13.7. The second-order valence-electron chi connectivity index (χ2n) is 5.31. The van der Waals surface area contributed by atoms with Gasteiger partial charge in [0.15, 0.2) is 0 Å². The van der Waals surface area contributed by atoms with Crippen molar-refractivity contribution in [2.75, 3.05) is 24.5 Å². The molecule has 3 rings (SSSR count). The maximum Gasteiger partial charge on any atom is 0.125 e. The van der Waals surface area contributed by atoms with Crippen molar-refractivity contribution in [2.45, 2.75) is 13.0 Å². The molecule has 1 saturated heterocycles. The van der Waals surface area contributed by atoms with Gasteiger partial charge in [0, 0.05) is 25.3 Å². The van der Waals surface area contributed by atoms with E-state index in [0.29, 0.717) is 0 Å². The molecule has 1 aliphatic rings. The van der Waals surface area contributed by atoms with Gasteiger partial charge in [-0.2, -0.15) is 0 Å². The lowest BCUT2D eigenvalue weighted by molar-refractivity contribution is 0.488. The third kappa shape index (κ3) is 2.68. The number of anilines is 1. The van der Waals surface area contributed by atoms with Crippen LogP contribution in [0.15, 0.2) is 48.5 Å². The van der Waals surface area contributed by atoms with E-state index in [-0.39, 0.29) is 11.9 Å². The Morgan fingerprint density at radius 2 is 1.95 bits per heavy atom. The molecular weight excluding hydrogens is 251 g/mol. The molecule has 0 saturated carbocycles. The van der Waals surface area contributed by atoms with Gasteiger partial charge in [0.1, 0.15) is 5.82 Å². The molecule has 0 spiro atoms. The molecule has 1 N–H and O–H groups in total. The normalized spacial score (nSPS) is 19.1. The van der Waals surface area contributed by atoms with Crippen molar-refractivity contribution in [3.8, 4) is 0 Å². The fourth-order valence-corrected chi connectivity index (χ4v) is 2.87. The van der Waals surface area contributed by atoms with E-state index in [4.69, 9.17) is 0 Å². The Kier molecular flexibility index (Phi) is 3.70. The summed E-state index contributed by atoms with van der Waals surface area (Å²) in [5, 5.41) is 3.43. The minimum atomic E-state index is -0.162. The van der Waals surface area contributed by atoms with E-state index >= 15 is 0 Å². The lowest BCUT2D eigenvalue weighted by Crippen LogP contribution is -2.46. The molecule has 1 fully saturated rings. The molecule has 0 radical (unpaired) electrons. The topological polar surface area (TPSA) is 15.3 Å². The van der Waals surface area contributed by atoms with Crippen LogP contribution in [0, 0.1) is 12.7 Å². The zero-order valence-electron chi connectivity index (χ0n) is 11.6. The first-order chi connectivity index (χ1) is 9.74. The quantitative estimate of drug-likeness (QED) is 0.901. The minimum Gasteiger partial charge on any atom is -0.362 e. The third-order valence-corrected chi connectivity index (χ3v) is 3.79. The Morgan fingerprint density at radius 1 is 1.15 bits per heavy atom. The van der Waals surface area contributed by atoms with Crippen LogP contribution in [0.5, 0.6) is 0 Å². The Labute approximate surface area is 119 Å². The van der Waals surface area contributed by atoms with Crippen LogP contribution in [0.4, 0.5) is 10.1 Å². The summed E-state index contributed by atoms with van der Waals surface area (Å²) in [5.41, 5.74) is 3.20. The van der Waals surface area contributed by atoms with Crippen LogP contribution < -0.4 is 10.2 Å². The van der Waals surface area contributed by atoms with Gasteiger partial charge in [-0.3, -0.25) is 0 Å². The number of rotatable bonds is 2. The molecule has 1 heterocycles. The summed E-state index contributed by atoms with van der Waals surface area (Å²) in [7, 11) is 0. The van der Waals surface area contributed by atoms with Crippen molar-refractivity contribution in [3.63, 3.8) is 0 Å². The van der Waals surface area contributed by atoms with Gasteiger partial charge in [0.25, 0.3) is 0 Å². The Morgan fingerprint density at radius 3 is 2.70 bits per heavy atom. The molecule has 0 amide bonds. The Hall–Kier alpha value is -1.87. The highest BCUT2D eigenvalue weighted by molar-refractivity contribution is 5.52. The minimum absolute atomic E-state index is 0.162. The molecule has 1 atom stereocenters. The van der Waals surface area contributed by atoms with Crippen molar-refractivity contribution in [1.82, 2.24) is 5.32 Å². The molecule has 0 aliphatic carbocycles. The molecule has 1 unspecified atom stereocenters. The number of nitrogens with one attached hydrogen (secondary N) is 1. The van der Waals surface area contributed by atoms with Gasteiger partial charge in [-0.15, -0.1) is 0 Å². The molecule has 2 aromatic carbocycles. The number of halogens is 1. The van der Waals surface area contributed by atoms with Crippen molar-refractivity contribution in [1.29, 1.82) is 0 Å². The molecule has 2 nitrogen and oxygen atoms in total. The standard InChI is InChI=1S/C17H19FN2/c1-13-9-15(18)11-16(10-13)20-8-7-19-12-17(20)14-5-3-2-4-6-14/h2-6,9-11,17,19H,7-8,12H2,1H3. The average molecular weight is 270 g/mol. The van der Waals surface area contributed by atoms with Crippen LogP contribution >= 0.6 is 0 Å². The zero-order chi connectivity index (χ0) is 13.9. The SMILES string of the molecule is Cc1cc(F)cc(N2CCNCC2c2ccccc2)c1. The summed E-state index contributed by atoms with van der Waals surface area (Å²) in [6, 6.07) is 15.9. The summed E-state index contributed by atoms with van der Waals surface area (Å²) in [6.45, 7) is 4.65. The van der Waals surface area contributed by atoms with Gasteiger partial charge in [-0.25, -0.2) is 4.39 Å². The number of benzene rings is 2. The highest BCUT2D eigenvalue weighted by Gasteiger charge is 2.24. The molecular formula is C17H19FN2. The van der Waals surface area contributed by atoms with Crippen molar-refractivity contribution >= 4 is 5.69 Å². The Bertz CT molecular complexity index is 563. The van der Waals surface area contributed by atoms with Crippen molar-refractivity contribution in [2.24, 2.45) is 0 Å². The van der Waals surface area contributed by atoms with E-state index < -0.39 is 0 Å². The predicted molar refractivity (Wildman–Crippen MR) is 80.5 cm³/mol. The number of hydrogen-bond donors (Lipinski definition) is 1. The maximum atomic E-state index is 13.7. The van der Waals surface area contributed by atoms with E-state index in [2.05, 4.69) is 40.5 Å². The van der Waals surface area contributed by atoms with Crippen LogP contribution in [0.25, 0.3) is 0 Å². The second-order valence-corrected chi connectivity index (χ2v) is 5.31. The van der Waals surface area contributed by atoms with Crippen LogP contribution in [-0.2, 0) is 0 Å². The summed E-state index contributed by atoms with van der Waals surface area (Å²) in [5.74, 6) is -0.162. The maximum absolute atomic E-state index is 13.7. The molecule has 1 aliphatic heterocycles. The van der Waals surface area contributed by atoms with E-state index in [0.717, 1.165) is 30.9 Å². The number of nitrogens with zero attached hydrogens (tertiary/aromatic N) is 1. The van der Waals surface area contributed by atoms with Gasteiger partial charge in [-0.1, -0.05) is 30.3 Å². The third-order valence-electron chi connectivity index (χ3n) is 3.79. The summed E-state index contributed by atoms with van der Waals surface area (Å²) >= 11 is 0. The monoisotopic (exact) mass is 270 g/mol. The molecule has 2 aromatic rings. The molecule has 0 bridgehead atoms. The van der Waals surface area contributed by atoms with Crippen LogP contribution in [0.3, 0.4) is 0 Å². The summed E-state index contributed by atoms with van der Waals surface area (Å²) in [4.78, 5) is 2.29. The van der Waals surface area contributed by atoms with Gasteiger partial charge in [0.05, 0.1) is 6.04 Å². The fraction of sp³-hybridized carbons (Fsp3) is 0.294.